The van der Waals surface area contributed by atoms with Crippen LogP contribution in [0.15, 0.2) is 243 Å². The molecule has 0 radical (unpaired) electrons. The zero-order chi connectivity index (χ0) is 54.7. The minimum Gasteiger partial charge on any atom is -0.453 e. The van der Waals surface area contributed by atoms with Crippen LogP contribution in [-0.2, 0) is 5.41 Å². The third-order valence-electron chi connectivity index (χ3n) is 17.4. The summed E-state index contributed by atoms with van der Waals surface area (Å²) in [5, 5.41) is 26.9. The van der Waals surface area contributed by atoms with Crippen LogP contribution in [0, 0.1) is 22.7 Å². The Morgan fingerprint density at radius 1 is 0.337 bits per heavy atom. The minimum absolute atomic E-state index is 0.520. The lowest BCUT2D eigenvalue weighted by atomic mass is 9.66. The first-order valence-corrected chi connectivity index (χ1v) is 27.6. The van der Waals surface area contributed by atoms with Gasteiger partial charge in [0.2, 0.25) is 0 Å². The van der Waals surface area contributed by atoms with Crippen LogP contribution in [0.5, 0.6) is 23.0 Å². The van der Waals surface area contributed by atoms with Crippen molar-refractivity contribution in [1.29, 1.82) is 10.5 Å². The molecule has 7 heterocycles. The molecule has 0 fully saturated rings. The molecule has 0 atom stereocenters. The fraction of sp³-hybridized carbons (Fsp3) is 0.0137. The van der Waals surface area contributed by atoms with Crippen molar-refractivity contribution in [3.05, 3.63) is 276 Å². The van der Waals surface area contributed by atoms with Gasteiger partial charge in [-0.2, -0.15) is 10.5 Å². The molecule has 18 rings (SSSR count). The van der Waals surface area contributed by atoms with Crippen molar-refractivity contribution in [3.8, 4) is 63.6 Å². The third kappa shape index (κ3) is 5.97. The smallest absolute Gasteiger partial charge is 0.156 e. The molecule has 10 aromatic carbocycles. The predicted octanol–water partition coefficient (Wildman–Crippen LogP) is 17.6. The Bertz CT molecular complexity index is 5090. The van der Waals surface area contributed by atoms with Gasteiger partial charge in [0.15, 0.2) is 23.0 Å². The molecule has 0 N–H and O–H groups in total. The highest BCUT2D eigenvalue weighted by molar-refractivity contribution is 6.12. The number of ether oxygens (including phenoxy) is 2. The molecule has 0 bridgehead atoms. The Hall–Kier alpha value is -11.7. The highest BCUT2D eigenvalue weighted by Crippen LogP contribution is 2.66. The van der Waals surface area contributed by atoms with Crippen molar-refractivity contribution >= 4 is 82.5 Å². The van der Waals surface area contributed by atoms with E-state index >= 15 is 0 Å². The van der Waals surface area contributed by atoms with Crippen molar-refractivity contribution in [2.45, 2.75) is 5.41 Å². The first-order valence-electron chi connectivity index (χ1n) is 27.6. The monoisotopic (exact) mass is 1060 g/mol. The number of para-hydroxylation sites is 10. The molecule has 3 aliphatic rings. The molecule has 15 aromatic rings. The van der Waals surface area contributed by atoms with E-state index in [-0.39, 0.29) is 0 Å². The molecule has 1 aliphatic carbocycles. The van der Waals surface area contributed by atoms with Crippen LogP contribution in [0.4, 0.5) is 17.1 Å². The summed E-state index contributed by atoms with van der Waals surface area (Å²) in [6, 6.07) is 84.5. The summed E-state index contributed by atoms with van der Waals surface area (Å²) >= 11 is 0. The number of nitriles is 2. The zero-order valence-corrected chi connectivity index (χ0v) is 44.0. The number of aromatic nitrogens is 5. The molecule has 1 spiro atoms. The summed E-state index contributed by atoms with van der Waals surface area (Å²) in [7, 11) is 0. The average molecular weight is 1060 g/mol. The average Bonchev–Trinajstić information content (AvgIpc) is 2.59. The van der Waals surface area contributed by atoms with Crippen molar-refractivity contribution < 1.29 is 9.47 Å². The van der Waals surface area contributed by atoms with Gasteiger partial charge in [-0.15, -0.1) is 0 Å². The Labute approximate surface area is 474 Å². The maximum absolute atomic E-state index is 10.3. The van der Waals surface area contributed by atoms with E-state index in [1.165, 1.54) is 0 Å². The van der Waals surface area contributed by atoms with Gasteiger partial charge in [0.05, 0.1) is 120 Å². The van der Waals surface area contributed by atoms with Crippen LogP contribution in [0.25, 0.3) is 93.9 Å². The maximum Gasteiger partial charge on any atom is 0.156 e. The number of rotatable bonds is 4. The summed E-state index contributed by atoms with van der Waals surface area (Å²) in [6.45, 7) is 0. The number of fused-ring (bicyclic) bond motifs is 20. The van der Waals surface area contributed by atoms with Gasteiger partial charge in [0.1, 0.15) is 0 Å². The van der Waals surface area contributed by atoms with Crippen LogP contribution in [0.3, 0.4) is 0 Å². The number of pyridine rings is 2. The summed E-state index contributed by atoms with van der Waals surface area (Å²) < 4.78 is 21.5. The van der Waals surface area contributed by atoms with Gasteiger partial charge in [-0.3, -0.25) is 14.9 Å². The van der Waals surface area contributed by atoms with Crippen LogP contribution in [0.1, 0.15) is 33.4 Å². The molecule has 10 nitrogen and oxygen atoms in total. The SMILES string of the molecule is N#Cc1ccc2c(c1)c1cc(C#N)ccc1n2-c1cccc2c1Oc1c(N3c4ccccc4Oc4ccccc43)cccc1C21c2cc(-n3c4ccccc4c4ccccc43)cnc2-c2ncc(-n3c4ccccc4c4ccccc43)cc21. The van der Waals surface area contributed by atoms with Gasteiger partial charge in [-0.25, -0.2) is 0 Å². The van der Waals surface area contributed by atoms with E-state index < -0.39 is 5.41 Å². The Morgan fingerprint density at radius 2 is 0.735 bits per heavy atom. The lowest BCUT2D eigenvalue weighted by Gasteiger charge is -2.42. The van der Waals surface area contributed by atoms with Crippen LogP contribution < -0.4 is 14.4 Å². The molecule has 0 saturated heterocycles. The van der Waals surface area contributed by atoms with E-state index in [1.54, 1.807) is 0 Å². The lowest BCUT2D eigenvalue weighted by molar-refractivity contribution is 0.434. The first-order chi connectivity index (χ1) is 41.1. The molecule has 384 valence electrons. The molecule has 83 heavy (non-hydrogen) atoms. The molecular formula is C73H40N8O2. The second kappa shape index (κ2) is 16.7. The van der Waals surface area contributed by atoms with Gasteiger partial charge in [0.25, 0.3) is 0 Å². The lowest BCUT2D eigenvalue weighted by Crippen LogP contribution is -2.33. The standard InChI is InChI=1S/C73H40N8O2/c74-39-43-31-33-61-51(35-43)52-36-44(40-75)32-34-62(52)80(61)65-27-13-19-53-71(65)83-72-54(20-14-28-66(72)81-63-25-9-11-29-67(63)82-68-30-12-10-26-64(68)81)73(53)55-37-45(78-57-21-5-1-15-47(57)48-16-2-6-22-58(48)78)41-76-69(55)70-56(73)38-46(42-77-70)79-59-23-7-3-17-49(59)50-18-4-8-24-60(50)79/h1-38,41-42H. The zero-order valence-electron chi connectivity index (χ0n) is 44.0. The topological polar surface area (TPSA) is 110 Å². The second-order valence-corrected chi connectivity index (χ2v) is 21.5. The predicted molar refractivity (Wildman–Crippen MR) is 327 cm³/mol. The molecule has 5 aromatic heterocycles. The second-order valence-electron chi connectivity index (χ2n) is 21.5. The molecule has 0 saturated carbocycles. The summed E-state index contributed by atoms with van der Waals surface area (Å²) in [4.78, 5) is 13.5. The van der Waals surface area contributed by atoms with Gasteiger partial charge in [-0.1, -0.05) is 121 Å². The van der Waals surface area contributed by atoms with Crippen molar-refractivity contribution in [1.82, 2.24) is 23.7 Å². The van der Waals surface area contributed by atoms with Gasteiger partial charge >= 0.3 is 0 Å². The van der Waals surface area contributed by atoms with E-state index in [4.69, 9.17) is 19.4 Å². The molecular weight excluding hydrogens is 1020 g/mol. The minimum atomic E-state index is -1.16. The van der Waals surface area contributed by atoms with Crippen molar-refractivity contribution in [2.24, 2.45) is 0 Å². The maximum atomic E-state index is 10.3. The Balaban J connectivity index is 1.01. The van der Waals surface area contributed by atoms with Crippen molar-refractivity contribution in [2.75, 3.05) is 4.90 Å². The molecule has 0 amide bonds. The molecule has 2 aliphatic heterocycles. The summed E-state index contributed by atoms with van der Waals surface area (Å²) in [5.74, 6) is 2.69. The van der Waals surface area contributed by atoms with Crippen LogP contribution in [-0.4, -0.2) is 23.7 Å². The van der Waals surface area contributed by atoms with E-state index in [2.05, 4.69) is 188 Å². The number of nitrogens with zero attached hydrogens (tertiary/aromatic N) is 8. The van der Waals surface area contributed by atoms with E-state index in [0.29, 0.717) is 34.1 Å². The Kier molecular flexibility index (Phi) is 9.07. The third-order valence-corrected chi connectivity index (χ3v) is 17.4. The molecule has 10 heteroatoms. The normalized spacial score (nSPS) is 13.3. The van der Waals surface area contributed by atoms with Crippen LogP contribution >= 0.6 is 0 Å². The molecule has 0 unspecified atom stereocenters. The summed E-state index contributed by atoms with van der Waals surface area (Å²) in [6.07, 6.45) is 4.00. The van der Waals surface area contributed by atoms with E-state index in [9.17, 15) is 10.5 Å². The number of benzene rings is 10. The quantitative estimate of drug-likeness (QED) is 0.173. The highest BCUT2D eigenvalue weighted by atomic mass is 16.5. The highest BCUT2D eigenvalue weighted by Gasteiger charge is 2.54. The number of hydrogen-bond acceptors (Lipinski definition) is 7. The van der Waals surface area contributed by atoms with Crippen molar-refractivity contribution in [3.63, 3.8) is 0 Å². The van der Waals surface area contributed by atoms with Gasteiger partial charge < -0.3 is 23.2 Å². The number of hydrogen-bond donors (Lipinski definition) is 0. The Morgan fingerprint density at radius 3 is 1.20 bits per heavy atom. The van der Waals surface area contributed by atoms with Gasteiger partial charge in [0, 0.05) is 54.6 Å². The van der Waals surface area contributed by atoms with E-state index in [0.717, 1.165) is 133 Å². The fourth-order valence-corrected chi connectivity index (χ4v) is 14.1. The number of anilines is 3. The van der Waals surface area contributed by atoms with E-state index in [1.807, 2.05) is 85.2 Å². The first kappa shape index (κ1) is 45.2. The van der Waals surface area contributed by atoms with Crippen LogP contribution in [0.2, 0.25) is 0 Å². The summed E-state index contributed by atoms with van der Waals surface area (Å²) in [5.41, 5.74) is 16.2. The largest absolute Gasteiger partial charge is 0.453 e. The fourth-order valence-electron chi connectivity index (χ4n) is 14.1. The van der Waals surface area contributed by atoms with Gasteiger partial charge in [-0.05, 0) is 109 Å².